The van der Waals surface area contributed by atoms with Gasteiger partial charge in [-0.25, -0.2) is 9.97 Å². The minimum atomic E-state index is 0.778. The quantitative estimate of drug-likeness (QED) is 0.845. The van der Waals surface area contributed by atoms with Crippen molar-refractivity contribution in [2.75, 3.05) is 17.2 Å². The molecule has 0 spiro atoms. The molecule has 0 atom stereocenters. The lowest BCUT2D eigenvalue weighted by molar-refractivity contribution is 0.771. The SMILES string of the molecule is CCCNc1ncnc(Nc2ccn(C)n2)c1C. The fourth-order valence-corrected chi connectivity index (χ4v) is 1.60. The lowest BCUT2D eigenvalue weighted by atomic mass is 10.3. The molecule has 96 valence electrons. The fraction of sp³-hybridized carbons (Fsp3) is 0.417. The molecular formula is C12H18N6. The summed E-state index contributed by atoms with van der Waals surface area (Å²) in [5.41, 5.74) is 0.997. The fourth-order valence-electron chi connectivity index (χ4n) is 1.60. The second-order valence-electron chi connectivity index (χ2n) is 4.12. The maximum atomic E-state index is 4.26. The Morgan fingerprint density at radius 1 is 1.28 bits per heavy atom. The van der Waals surface area contributed by atoms with E-state index in [4.69, 9.17) is 0 Å². The summed E-state index contributed by atoms with van der Waals surface area (Å²) in [6.07, 6.45) is 4.50. The number of nitrogens with zero attached hydrogens (tertiary/aromatic N) is 4. The first kappa shape index (κ1) is 12.3. The molecule has 2 aromatic rings. The normalized spacial score (nSPS) is 10.4. The molecule has 2 N–H and O–H groups in total. The summed E-state index contributed by atoms with van der Waals surface area (Å²) in [4.78, 5) is 8.48. The van der Waals surface area contributed by atoms with Gasteiger partial charge in [0.25, 0.3) is 0 Å². The van der Waals surface area contributed by atoms with Gasteiger partial charge in [0.2, 0.25) is 0 Å². The van der Waals surface area contributed by atoms with E-state index in [0.29, 0.717) is 0 Å². The zero-order chi connectivity index (χ0) is 13.0. The van der Waals surface area contributed by atoms with Crippen LogP contribution in [0.2, 0.25) is 0 Å². The van der Waals surface area contributed by atoms with Gasteiger partial charge in [-0.2, -0.15) is 5.10 Å². The Balaban J connectivity index is 2.17. The molecule has 2 rings (SSSR count). The molecule has 2 heterocycles. The summed E-state index contributed by atoms with van der Waals surface area (Å²) in [5.74, 6) is 2.42. The molecule has 18 heavy (non-hydrogen) atoms. The van der Waals surface area contributed by atoms with Crippen LogP contribution >= 0.6 is 0 Å². The van der Waals surface area contributed by atoms with E-state index in [2.05, 4.69) is 32.6 Å². The Hall–Kier alpha value is -2.11. The van der Waals surface area contributed by atoms with Crippen LogP contribution in [0.15, 0.2) is 18.6 Å². The standard InChI is InChI=1S/C12H18N6/c1-4-6-13-11-9(2)12(15-8-14-11)16-10-5-7-18(3)17-10/h5,7-8H,4,6H2,1-3H3,(H2,13,14,15,16,17). The van der Waals surface area contributed by atoms with Crippen LogP contribution in [-0.4, -0.2) is 26.3 Å². The molecule has 6 heteroatoms. The maximum absolute atomic E-state index is 4.26. The number of aromatic nitrogens is 4. The molecule has 0 fully saturated rings. The molecule has 0 aliphatic rings. The minimum Gasteiger partial charge on any atom is -0.370 e. The third kappa shape index (κ3) is 2.77. The van der Waals surface area contributed by atoms with Crippen molar-refractivity contribution in [2.45, 2.75) is 20.3 Å². The van der Waals surface area contributed by atoms with Crippen molar-refractivity contribution in [1.29, 1.82) is 0 Å². The highest BCUT2D eigenvalue weighted by Gasteiger charge is 2.07. The lowest BCUT2D eigenvalue weighted by Crippen LogP contribution is -2.07. The smallest absolute Gasteiger partial charge is 0.153 e. The number of hydrogen-bond acceptors (Lipinski definition) is 5. The van der Waals surface area contributed by atoms with Gasteiger partial charge in [0.05, 0.1) is 0 Å². The molecular weight excluding hydrogens is 228 g/mol. The number of rotatable bonds is 5. The van der Waals surface area contributed by atoms with E-state index in [1.807, 2.05) is 26.2 Å². The van der Waals surface area contributed by atoms with Crippen molar-refractivity contribution in [2.24, 2.45) is 7.05 Å². The van der Waals surface area contributed by atoms with Crippen molar-refractivity contribution in [3.63, 3.8) is 0 Å². The monoisotopic (exact) mass is 246 g/mol. The van der Waals surface area contributed by atoms with Crippen LogP contribution in [0.4, 0.5) is 17.5 Å². The third-order valence-electron chi connectivity index (χ3n) is 2.59. The molecule has 0 radical (unpaired) electrons. The van der Waals surface area contributed by atoms with E-state index in [1.54, 1.807) is 11.0 Å². The number of anilines is 3. The number of aryl methyl sites for hydroxylation is 1. The highest BCUT2D eigenvalue weighted by Crippen LogP contribution is 2.21. The van der Waals surface area contributed by atoms with E-state index in [-0.39, 0.29) is 0 Å². The van der Waals surface area contributed by atoms with Crippen molar-refractivity contribution in [3.8, 4) is 0 Å². The van der Waals surface area contributed by atoms with Crippen LogP contribution in [0.25, 0.3) is 0 Å². The number of hydrogen-bond donors (Lipinski definition) is 2. The van der Waals surface area contributed by atoms with Crippen molar-refractivity contribution in [1.82, 2.24) is 19.7 Å². The van der Waals surface area contributed by atoms with Gasteiger partial charge in [-0.15, -0.1) is 0 Å². The van der Waals surface area contributed by atoms with Gasteiger partial charge < -0.3 is 10.6 Å². The van der Waals surface area contributed by atoms with E-state index < -0.39 is 0 Å². The Bertz CT molecular complexity index is 519. The van der Waals surface area contributed by atoms with Gasteiger partial charge in [0.1, 0.15) is 18.0 Å². The second-order valence-corrected chi connectivity index (χ2v) is 4.12. The summed E-state index contributed by atoms with van der Waals surface area (Å²) >= 11 is 0. The van der Waals surface area contributed by atoms with E-state index in [0.717, 1.165) is 36.0 Å². The van der Waals surface area contributed by atoms with Crippen LogP contribution in [0.1, 0.15) is 18.9 Å². The molecule has 0 aliphatic carbocycles. The van der Waals surface area contributed by atoms with Gasteiger partial charge in [-0.3, -0.25) is 4.68 Å². The predicted molar refractivity (Wildman–Crippen MR) is 72.0 cm³/mol. The Labute approximate surface area is 106 Å². The van der Waals surface area contributed by atoms with E-state index >= 15 is 0 Å². The largest absolute Gasteiger partial charge is 0.370 e. The molecule has 0 aromatic carbocycles. The predicted octanol–water partition coefficient (Wildman–Crippen LogP) is 2.08. The first-order chi connectivity index (χ1) is 8.70. The lowest BCUT2D eigenvalue weighted by Gasteiger charge is -2.10. The average molecular weight is 246 g/mol. The average Bonchev–Trinajstić information content (AvgIpc) is 2.76. The van der Waals surface area contributed by atoms with E-state index in [1.165, 1.54) is 0 Å². The first-order valence-electron chi connectivity index (χ1n) is 6.03. The highest BCUT2D eigenvalue weighted by molar-refractivity contribution is 5.61. The highest BCUT2D eigenvalue weighted by atomic mass is 15.3. The molecule has 0 saturated carbocycles. The topological polar surface area (TPSA) is 67.7 Å². The maximum Gasteiger partial charge on any atom is 0.153 e. The summed E-state index contributed by atoms with van der Waals surface area (Å²) in [7, 11) is 1.88. The van der Waals surface area contributed by atoms with Crippen molar-refractivity contribution < 1.29 is 0 Å². The zero-order valence-corrected chi connectivity index (χ0v) is 10.9. The number of nitrogens with one attached hydrogen (secondary N) is 2. The van der Waals surface area contributed by atoms with Gasteiger partial charge >= 0.3 is 0 Å². The second kappa shape index (κ2) is 5.48. The van der Waals surface area contributed by atoms with Gasteiger partial charge in [0.15, 0.2) is 5.82 Å². The van der Waals surface area contributed by atoms with Gasteiger partial charge in [-0.05, 0) is 13.3 Å². The third-order valence-corrected chi connectivity index (χ3v) is 2.59. The summed E-state index contributed by atoms with van der Waals surface area (Å²) in [5, 5.41) is 10.7. The Kier molecular flexibility index (Phi) is 3.76. The molecule has 0 saturated heterocycles. The van der Waals surface area contributed by atoms with Crippen molar-refractivity contribution >= 4 is 17.5 Å². The zero-order valence-electron chi connectivity index (χ0n) is 10.9. The van der Waals surface area contributed by atoms with Gasteiger partial charge in [-0.1, -0.05) is 6.92 Å². The molecule has 2 aromatic heterocycles. The minimum absolute atomic E-state index is 0.778. The molecule has 0 amide bonds. The summed E-state index contributed by atoms with van der Waals surface area (Å²) in [6.45, 7) is 5.01. The van der Waals surface area contributed by atoms with Crippen LogP contribution in [0.3, 0.4) is 0 Å². The molecule has 0 unspecified atom stereocenters. The van der Waals surface area contributed by atoms with Crippen LogP contribution in [-0.2, 0) is 7.05 Å². The van der Waals surface area contributed by atoms with Crippen LogP contribution in [0.5, 0.6) is 0 Å². The Morgan fingerprint density at radius 3 is 2.72 bits per heavy atom. The summed E-state index contributed by atoms with van der Waals surface area (Å²) in [6, 6.07) is 1.90. The Morgan fingerprint density at radius 2 is 2.06 bits per heavy atom. The van der Waals surface area contributed by atoms with Crippen LogP contribution < -0.4 is 10.6 Å². The first-order valence-corrected chi connectivity index (χ1v) is 6.03. The molecule has 6 nitrogen and oxygen atoms in total. The molecule has 0 bridgehead atoms. The summed E-state index contributed by atoms with van der Waals surface area (Å²) < 4.78 is 1.75. The van der Waals surface area contributed by atoms with Crippen molar-refractivity contribution in [3.05, 3.63) is 24.2 Å². The van der Waals surface area contributed by atoms with Gasteiger partial charge in [0, 0.05) is 31.4 Å². The molecule has 0 aliphatic heterocycles. The van der Waals surface area contributed by atoms with E-state index in [9.17, 15) is 0 Å². The van der Waals surface area contributed by atoms with Crippen LogP contribution in [0, 0.1) is 6.92 Å².